The Kier molecular flexibility index (Phi) is 5.97. The molecule has 0 spiro atoms. The summed E-state index contributed by atoms with van der Waals surface area (Å²) in [5.74, 6) is 1.25. The van der Waals surface area contributed by atoms with Crippen LogP contribution in [0.15, 0.2) is 0 Å². The van der Waals surface area contributed by atoms with Gasteiger partial charge in [-0.1, -0.05) is 25.4 Å². The number of rotatable bonds is 7. The summed E-state index contributed by atoms with van der Waals surface area (Å²) in [5.41, 5.74) is -0.0624. The Morgan fingerprint density at radius 3 is 2.32 bits per heavy atom. The van der Waals surface area contributed by atoms with Gasteiger partial charge < -0.3 is 15.5 Å². The van der Waals surface area contributed by atoms with Crippen LogP contribution in [-0.4, -0.2) is 38.9 Å². The van der Waals surface area contributed by atoms with Gasteiger partial charge in [0.1, 0.15) is 16.8 Å². The second-order valence-electron chi connectivity index (χ2n) is 4.73. The topological polar surface area (TPSA) is 78.3 Å². The molecule has 19 heavy (non-hydrogen) atoms. The van der Waals surface area contributed by atoms with Crippen LogP contribution >= 0.6 is 11.6 Å². The monoisotopic (exact) mass is 287 g/mol. The minimum atomic E-state index is -0.786. The fourth-order valence-electron chi connectivity index (χ4n) is 1.68. The van der Waals surface area contributed by atoms with E-state index in [2.05, 4.69) is 15.3 Å². The zero-order valence-corrected chi connectivity index (χ0v) is 12.5. The Hall–Kier alpha value is -0.910. The van der Waals surface area contributed by atoms with Crippen molar-refractivity contribution in [2.75, 3.05) is 18.5 Å². The molecule has 108 valence electrons. The second kappa shape index (κ2) is 7.03. The molecule has 3 N–H and O–H groups in total. The molecule has 1 aromatic rings. The molecular weight excluding hydrogens is 266 g/mol. The quantitative estimate of drug-likeness (QED) is 0.668. The van der Waals surface area contributed by atoms with Crippen LogP contribution in [0.1, 0.15) is 38.1 Å². The van der Waals surface area contributed by atoms with E-state index < -0.39 is 5.54 Å². The number of anilines is 1. The summed E-state index contributed by atoms with van der Waals surface area (Å²) in [4.78, 5) is 8.64. The number of hydrogen-bond acceptors (Lipinski definition) is 5. The zero-order valence-electron chi connectivity index (χ0n) is 11.7. The Morgan fingerprint density at radius 2 is 1.84 bits per heavy atom. The van der Waals surface area contributed by atoms with E-state index in [1.54, 1.807) is 0 Å². The van der Waals surface area contributed by atoms with Gasteiger partial charge in [0.15, 0.2) is 0 Å². The molecule has 0 aliphatic carbocycles. The Balaban J connectivity index is 3.11. The fraction of sp³-hybridized carbons (Fsp3) is 0.692. The average molecular weight is 288 g/mol. The predicted molar refractivity (Wildman–Crippen MR) is 76.6 cm³/mol. The van der Waals surface area contributed by atoms with Crippen LogP contribution in [0.3, 0.4) is 0 Å². The summed E-state index contributed by atoms with van der Waals surface area (Å²) >= 11 is 6.10. The number of hydrogen-bond donors (Lipinski definition) is 3. The van der Waals surface area contributed by atoms with E-state index in [0.717, 1.165) is 18.4 Å². The lowest BCUT2D eigenvalue weighted by Crippen LogP contribution is -2.45. The van der Waals surface area contributed by atoms with Gasteiger partial charge in [0, 0.05) is 12.0 Å². The first-order chi connectivity index (χ1) is 9.01. The zero-order chi connectivity index (χ0) is 14.5. The number of nitrogens with zero attached hydrogens (tertiary/aromatic N) is 2. The van der Waals surface area contributed by atoms with Gasteiger partial charge in [-0.05, 0) is 19.8 Å². The van der Waals surface area contributed by atoms with Gasteiger partial charge in [0.05, 0.1) is 18.8 Å². The third kappa shape index (κ3) is 3.78. The number of aryl methyl sites for hydroxylation is 1. The molecule has 0 aliphatic heterocycles. The van der Waals surface area contributed by atoms with Crippen LogP contribution in [0.25, 0.3) is 0 Å². The number of aliphatic hydroxyl groups excluding tert-OH is 2. The summed E-state index contributed by atoms with van der Waals surface area (Å²) in [6.07, 6.45) is 2.24. The van der Waals surface area contributed by atoms with Crippen LogP contribution in [0, 0.1) is 6.92 Å². The minimum Gasteiger partial charge on any atom is -0.394 e. The van der Waals surface area contributed by atoms with Crippen molar-refractivity contribution in [3.63, 3.8) is 0 Å². The number of aliphatic hydroxyl groups is 2. The van der Waals surface area contributed by atoms with Gasteiger partial charge in [0.2, 0.25) is 0 Å². The van der Waals surface area contributed by atoms with Crippen LogP contribution in [0.2, 0.25) is 5.15 Å². The first-order valence-electron chi connectivity index (χ1n) is 6.54. The maximum atomic E-state index is 9.47. The van der Waals surface area contributed by atoms with Crippen LogP contribution < -0.4 is 5.32 Å². The fourth-order valence-corrected chi connectivity index (χ4v) is 1.87. The first kappa shape index (κ1) is 16.1. The SMILES string of the molecule is CCCc1nc(Cl)c(C)c(NC(CC)(CO)CO)n1. The van der Waals surface area contributed by atoms with Crippen molar-refractivity contribution in [1.29, 1.82) is 0 Å². The van der Waals surface area contributed by atoms with Crippen molar-refractivity contribution >= 4 is 17.4 Å². The van der Waals surface area contributed by atoms with E-state index in [-0.39, 0.29) is 13.2 Å². The normalized spacial score (nSPS) is 11.7. The van der Waals surface area contributed by atoms with Crippen LogP contribution in [-0.2, 0) is 6.42 Å². The van der Waals surface area contributed by atoms with Crippen molar-refractivity contribution in [1.82, 2.24) is 9.97 Å². The van der Waals surface area contributed by atoms with Gasteiger partial charge in [0.25, 0.3) is 0 Å². The molecule has 1 rings (SSSR count). The van der Waals surface area contributed by atoms with Gasteiger partial charge in [-0.25, -0.2) is 9.97 Å². The highest BCUT2D eigenvalue weighted by atomic mass is 35.5. The third-order valence-electron chi connectivity index (χ3n) is 3.27. The van der Waals surface area contributed by atoms with E-state index in [0.29, 0.717) is 23.2 Å². The van der Waals surface area contributed by atoms with E-state index in [1.165, 1.54) is 0 Å². The van der Waals surface area contributed by atoms with E-state index >= 15 is 0 Å². The van der Waals surface area contributed by atoms with E-state index in [1.807, 2.05) is 20.8 Å². The van der Waals surface area contributed by atoms with Crippen LogP contribution in [0.4, 0.5) is 5.82 Å². The van der Waals surface area contributed by atoms with Gasteiger partial charge in [-0.2, -0.15) is 0 Å². The minimum absolute atomic E-state index is 0.176. The highest BCUT2D eigenvalue weighted by Gasteiger charge is 2.28. The lowest BCUT2D eigenvalue weighted by atomic mass is 9.98. The molecule has 0 saturated carbocycles. The lowest BCUT2D eigenvalue weighted by Gasteiger charge is -2.31. The van der Waals surface area contributed by atoms with E-state index in [4.69, 9.17) is 11.6 Å². The standard InChI is InChI=1S/C13H22ClN3O2/c1-4-6-10-15-11(14)9(3)12(16-10)17-13(5-2,7-18)8-19/h18-19H,4-8H2,1-3H3,(H,15,16,17). The highest BCUT2D eigenvalue weighted by Crippen LogP contribution is 2.24. The molecule has 0 saturated heterocycles. The molecule has 0 fully saturated rings. The van der Waals surface area contributed by atoms with E-state index in [9.17, 15) is 10.2 Å². The summed E-state index contributed by atoms with van der Waals surface area (Å²) < 4.78 is 0. The number of nitrogens with one attached hydrogen (secondary N) is 1. The maximum absolute atomic E-state index is 9.47. The first-order valence-corrected chi connectivity index (χ1v) is 6.92. The molecular formula is C13H22ClN3O2. The largest absolute Gasteiger partial charge is 0.394 e. The molecule has 0 aromatic carbocycles. The Labute approximate surface area is 119 Å². The van der Waals surface area contributed by atoms with Crippen LogP contribution in [0.5, 0.6) is 0 Å². The maximum Gasteiger partial charge on any atom is 0.137 e. The Bertz CT molecular complexity index is 414. The molecule has 0 aliphatic rings. The lowest BCUT2D eigenvalue weighted by molar-refractivity contribution is 0.132. The molecule has 0 bridgehead atoms. The predicted octanol–water partition coefficient (Wildman–Crippen LogP) is 1.94. The molecule has 1 aromatic heterocycles. The molecule has 0 unspecified atom stereocenters. The third-order valence-corrected chi connectivity index (χ3v) is 3.64. The number of aromatic nitrogens is 2. The van der Waals surface area contributed by atoms with Gasteiger partial charge in [-0.3, -0.25) is 0 Å². The summed E-state index contributed by atoms with van der Waals surface area (Å²) in [6, 6.07) is 0. The second-order valence-corrected chi connectivity index (χ2v) is 5.09. The average Bonchev–Trinajstić information content (AvgIpc) is 2.42. The Morgan fingerprint density at radius 1 is 1.21 bits per heavy atom. The van der Waals surface area contributed by atoms with Crippen molar-refractivity contribution in [2.45, 2.75) is 45.6 Å². The molecule has 5 nitrogen and oxygen atoms in total. The molecule has 0 radical (unpaired) electrons. The molecule has 0 atom stereocenters. The van der Waals surface area contributed by atoms with Crippen molar-refractivity contribution < 1.29 is 10.2 Å². The van der Waals surface area contributed by atoms with Crippen molar-refractivity contribution in [3.8, 4) is 0 Å². The smallest absolute Gasteiger partial charge is 0.137 e. The summed E-state index contributed by atoms with van der Waals surface area (Å²) in [5, 5.41) is 22.5. The van der Waals surface area contributed by atoms with Gasteiger partial charge in [-0.15, -0.1) is 0 Å². The molecule has 0 amide bonds. The van der Waals surface area contributed by atoms with Gasteiger partial charge >= 0.3 is 0 Å². The van der Waals surface area contributed by atoms with Crippen molar-refractivity contribution in [2.24, 2.45) is 0 Å². The molecule has 6 heteroatoms. The van der Waals surface area contributed by atoms with Crippen molar-refractivity contribution in [3.05, 3.63) is 16.5 Å². The molecule has 1 heterocycles. The highest BCUT2D eigenvalue weighted by molar-refractivity contribution is 6.30. The summed E-state index contributed by atoms with van der Waals surface area (Å²) in [6.45, 7) is 5.40. The number of halogens is 1. The summed E-state index contributed by atoms with van der Waals surface area (Å²) in [7, 11) is 0.